The highest BCUT2D eigenvalue weighted by atomic mass is 16.7. The predicted molar refractivity (Wildman–Crippen MR) is 87.6 cm³/mol. The van der Waals surface area contributed by atoms with E-state index < -0.39 is 15.9 Å². The Morgan fingerprint density at radius 3 is 1.88 bits per heavy atom. The van der Waals surface area contributed by atoms with Gasteiger partial charge in [-0.15, -0.1) is 0 Å². The molecule has 0 bridgehead atoms. The number of hydrogen-bond donors (Lipinski definition) is 0. The molecule has 124 valence electrons. The molecule has 0 heterocycles. The summed E-state index contributed by atoms with van der Waals surface area (Å²) in [5, 5.41) is 21.8. The molecule has 0 atom stereocenters. The first-order chi connectivity index (χ1) is 11.2. The number of carbonyl (C=O) groups is 1. The van der Waals surface area contributed by atoms with Crippen molar-refractivity contribution in [3.63, 3.8) is 0 Å². The van der Waals surface area contributed by atoms with Gasteiger partial charge >= 0.3 is 5.91 Å². The monoisotopic (exact) mass is 329 g/mol. The van der Waals surface area contributed by atoms with Crippen molar-refractivity contribution in [2.75, 3.05) is 5.01 Å². The van der Waals surface area contributed by atoms with Gasteiger partial charge in [0, 0.05) is 17.7 Å². The maximum Gasteiger partial charge on any atom is 0.319 e. The average molecular weight is 329 g/mol. The van der Waals surface area contributed by atoms with Crippen molar-refractivity contribution in [1.82, 2.24) is 0 Å². The minimum Gasteiger partial charge on any atom is -0.262 e. The van der Waals surface area contributed by atoms with Gasteiger partial charge in [-0.05, 0) is 49.0 Å². The van der Waals surface area contributed by atoms with E-state index in [4.69, 9.17) is 0 Å². The number of carbonyl (C=O) groups excluding carboxylic acids is 1. The summed E-state index contributed by atoms with van der Waals surface area (Å²) in [5.41, 5.74) is 2.13. The van der Waals surface area contributed by atoms with Crippen molar-refractivity contribution in [1.29, 1.82) is 0 Å². The summed E-state index contributed by atoms with van der Waals surface area (Å²) in [4.78, 5) is 34.1. The zero-order valence-electron chi connectivity index (χ0n) is 13.3. The smallest absolute Gasteiger partial charge is 0.262 e. The molecular formula is C16H15N3O5. The maximum absolute atomic E-state index is 12.6. The van der Waals surface area contributed by atoms with E-state index in [1.807, 2.05) is 6.92 Å². The van der Waals surface area contributed by atoms with Gasteiger partial charge in [-0.1, -0.05) is 17.7 Å². The third-order valence-electron chi connectivity index (χ3n) is 3.53. The Bertz CT molecular complexity index is 807. The molecule has 2 aromatic rings. The summed E-state index contributed by atoms with van der Waals surface area (Å²) >= 11 is 0. The molecule has 0 aliphatic heterocycles. The van der Waals surface area contributed by atoms with Gasteiger partial charge in [-0.25, -0.2) is 10.1 Å². The van der Waals surface area contributed by atoms with Crippen LogP contribution in [0.1, 0.15) is 27.0 Å². The van der Waals surface area contributed by atoms with E-state index in [1.165, 1.54) is 12.1 Å². The number of hydrazine groups is 1. The van der Waals surface area contributed by atoms with Crippen molar-refractivity contribution in [3.05, 3.63) is 78.9 Å². The molecule has 8 nitrogen and oxygen atoms in total. The van der Waals surface area contributed by atoms with Crippen molar-refractivity contribution < 1.29 is 14.8 Å². The van der Waals surface area contributed by atoms with Gasteiger partial charge in [0.05, 0.1) is 4.92 Å². The van der Waals surface area contributed by atoms with Crippen LogP contribution in [0.4, 0.5) is 11.4 Å². The molecule has 0 aromatic heterocycles. The highest BCUT2D eigenvalue weighted by Crippen LogP contribution is 2.28. The molecule has 0 N–H and O–H groups in total. The summed E-state index contributed by atoms with van der Waals surface area (Å²) in [6.45, 7) is 5.24. The molecule has 1 amide bonds. The van der Waals surface area contributed by atoms with Crippen molar-refractivity contribution in [2.24, 2.45) is 0 Å². The molecule has 2 rings (SSSR count). The van der Waals surface area contributed by atoms with Gasteiger partial charge in [-0.3, -0.25) is 14.9 Å². The van der Waals surface area contributed by atoms with Crippen LogP contribution in [0.2, 0.25) is 0 Å². The van der Waals surface area contributed by atoms with Gasteiger partial charge in [0.25, 0.3) is 5.69 Å². The van der Waals surface area contributed by atoms with Gasteiger partial charge in [0.2, 0.25) is 0 Å². The zero-order valence-corrected chi connectivity index (χ0v) is 13.3. The lowest BCUT2D eigenvalue weighted by Crippen LogP contribution is -2.37. The third kappa shape index (κ3) is 3.22. The second-order valence-corrected chi connectivity index (χ2v) is 5.41. The van der Waals surface area contributed by atoms with Crippen LogP contribution in [0.25, 0.3) is 0 Å². The van der Waals surface area contributed by atoms with Crippen LogP contribution in [0.5, 0.6) is 0 Å². The minimum atomic E-state index is -0.857. The number of amides is 1. The Morgan fingerprint density at radius 2 is 1.46 bits per heavy atom. The summed E-state index contributed by atoms with van der Waals surface area (Å²) in [6.07, 6.45) is 0. The lowest BCUT2D eigenvalue weighted by atomic mass is 10.0. The lowest BCUT2D eigenvalue weighted by molar-refractivity contribution is -0.481. The van der Waals surface area contributed by atoms with Crippen LogP contribution in [0.15, 0.2) is 36.4 Å². The number of nitrogens with zero attached hydrogens (tertiary/aromatic N) is 3. The summed E-state index contributed by atoms with van der Waals surface area (Å²) in [7, 11) is 0. The number of rotatable bonds is 4. The van der Waals surface area contributed by atoms with Crippen LogP contribution in [-0.2, 0) is 0 Å². The number of nitro groups is 2. The molecule has 8 heteroatoms. The first-order valence-electron chi connectivity index (χ1n) is 7.03. The predicted octanol–water partition coefficient (Wildman–Crippen LogP) is 3.36. The molecular weight excluding hydrogens is 314 g/mol. The van der Waals surface area contributed by atoms with Crippen molar-refractivity contribution in [3.8, 4) is 0 Å². The molecule has 0 aliphatic rings. The van der Waals surface area contributed by atoms with E-state index in [2.05, 4.69) is 0 Å². The zero-order chi connectivity index (χ0) is 18.0. The molecule has 2 aromatic carbocycles. The summed E-state index contributed by atoms with van der Waals surface area (Å²) in [6, 6.07) is 8.19. The molecule has 0 fully saturated rings. The van der Waals surface area contributed by atoms with Gasteiger partial charge in [-0.2, -0.15) is 0 Å². The second-order valence-electron chi connectivity index (χ2n) is 5.41. The molecule has 0 unspecified atom stereocenters. The number of aryl methyl sites for hydroxylation is 3. The highest BCUT2D eigenvalue weighted by Gasteiger charge is 2.31. The normalized spacial score (nSPS) is 10.3. The number of benzene rings is 2. The number of non-ortho nitro benzene ring substituents is 1. The fraction of sp³-hybridized carbons (Fsp3) is 0.188. The van der Waals surface area contributed by atoms with Gasteiger partial charge < -0.3 is 0 Å². The van der Waals surface area contributed by atoms with Crippen LogP contribution in [0, 0.1) is 41.0 Å². The van der Waals surface area contributed by atoms with E-state index >= 15 is 0 Å². The Morgan fingerprint density at radius 1 is 0.958 bits per heavy atom. The Balaban J connectivity index is 2.50. The van der Waals surface area contributed by atoms with E-state index in [1.54, 1.807) is 26.0 Å². The first kappa shape index (κ1) is 17.1. The van der Waals surface area contributed by atoms with Crippen molar-refractivity contribution in [2.45, 2.75) is 20.8 Å². The maximum atomic E-state index is 12.6. The molecule has 0 aliphatic carbocycles. The lowest BCUT2D eigenvalue weighted by Gasteiger charge is -2.17. The first-order valence-corrected chi connectivity index (χ1v) is 7.03. The van der Waals surface area contributed by atoms with Crippen LogP contribution in [0.3, 0.4) is 0 Å². The van der Waals surface area contributed by atoms with Crippen molar-refractivity contribution >= 4 is 17.3 Å². The minimum absolute atomic E-state index is 0.00308. The SMILES string of the molecule is Cc1cc(C)c(N(C(=O)c2ccc([N+](=O)[O-])cc2)[N+](=O)[O-])c(C)c1. The van der Waals surface area contributed by atoms with E-state index in [-0.39, 0.29) is 16.9 Å². The standard InChI is InChI=1S/C16H15N3O5/c1-10-8-11(2)15(12(3)9-10)17(19(23)24)16(20)13-4-6-14(7-5-13)18(21)22/h4-9H,1-3H3. The van der Waals surface area contributed by atoms with Gasteiger partial charge in [0.15, 0.2) is 5.03 Å². The molecule has 0 spiro atoms. The average Bonchev–Trinajstić information content (AvgIpc) is 2.49. The quantitative estimate of drug-likeness (QED) is 0.631. The molecule has 0 saturated heterocycles. The number of anilines is 1. The fourth-order valence-corrected chi connectivity index (χ4v) is 2.61. The Hall–Kier alpha value is -3.29. The topological polar surface area (TPSA) is 107 Å². The molecule has 24 heavy (non-hydrogen) atoms. The van der Waals surface area contributed by atoms with E-state index in [9.17, 15) is 25.0 Å². The van der Waals surface area contributed by atoms with Crippen LogP contribution in [-0.4, -0.2) is 15.9 Å². The van der Waals surface area contributed by atoms with Gasteiger partial charge in [0.1, 0.15) is 5.69 Å². The number of hydrogen-bond acceptors (Lipinski definition) is 5. The van der Waals surface area contributed by atoms with Crippen LogP contribution >= 0.6 is 0 Å². The highest BCUT2D eigenvalue weighted by molar-refractivity contribution is 6.05. The molecule has 0 saturated carbocycles. The Labute approximate surface area is 137 Å². The van der Waals surface area contributed by atoms with Crippen LogP contribution < -0.4 is 5.01 Å². The molecule has 0 radical (unpaired) electrons. The second kappa shape index (κ2) is 6.45. The summed E-state index contributed by atoms with van der Waals surface area (Å²) < 4.78 is 0. The third-order valence-corrected chi connectivity index (χ3v) is 3.53. The largest absolute Gasteiger partial charge is 0.319 e. The van der Waals surface area contributed by atoms with E-state index in [0.29, 0.717) is 16.1 Å². The Kier molecular flexibility index (Phi) is 4.59. The summed E-state index contributed by atoms with van der Waals surface area (Å²) in [5.74, 6) is -0.857. The fourth-order valence-electron chi connectivity index (χ4n) is 2.61. The van der Waals surface area contributed by atoms with E-state index in [0.717, 1.165) is 17.7 Å². The number of nitro benzene ring substituents is 1.